The molecule has 0 radical (unpaired) electrons. The zero-order chi connectivity index (χ0) is 21.7. The molecule has 0 saturated carbocycles. The highest BCUT2D eigenvalue weighted by molar-refractivity contribution is 7.89. The van der Waals surface area contributed by atoms with E-state index in [2.05, 4.69) is 15.0 Å². The Bertz CT molecular complexity index is 993. The van der Waals surface area contributed by atoms with Crippen molar-refractivity contribution in [2.24, 2.45) is 0 Å². The molecule has 1 heterocycles. The maximum atomic E-state index is 12.9. The van der Waals surface area contributed by atoms with E-state index in [9.17, 15) is 22.0 Å². The second-order valence-corrected chi connectivity index (χ2v) is 8.66. The highest BCUT2D eigenvalue weighted by Crippen LogP contribution is 2.22. The minimum atomic E-state index is -3.68. The van der Waals surface area contributed by atoms with Gasteiger partial charge in [-0.15, -0.1) is 0 Å². The Balaban J connectivity index is 1.73. The molecule has 1 amide bonds. The van der Waals surface area contributed by atoms with Gasteiger partial charge in [-0.05, 0) is 42.9 Å². The summed E-state index contributed by atoms with van der Waals surface area (Å²) in [6.45, 7) is 2.06. The van der Waals surface area contributed by atoms with E-state index < -0.39 is 22.5 Å². The number of ether oxygens (including phenoxy) is 1. The van der Waals surface area contributed by atoms with E-state index in [1.54, 1.807) is 12.1 Å². The summed E-state index contributed by atoms with van der Waals surface area (Å²) < 4.78 is 56.4. The molecule has 3 rings (SSSR count). The molecule has 0 aliphatic carbocycles. The fraction of sp³-hybridized carbons (Fsp3) is 0.350. The van der Waals surface area contributed by atoms with E-state index in [0.29, 0.717) is 26.2 Å². The summed E-state index contributed by atoms with van der Waals surface area (Å²) in [5, 5.41) is 2.60. The number of carbonyl (C=O) groups is 1. The van der Waals surface area contributed by atoms with Crippen molar-refractivity contribution in [1.29, 1.82) is 0 Å². The molecule has 1 saturated heterocycles. The van der Waals surface area contributed by atoms with Crippen LogP contribution in [0.1, 0.15) is 17.3 Å². The number of piperazine rings is 1. The number of nitrogens with one attached hydrogen (secondary N) is 1. The van der Waals surface area contributed by atoms with Crippen LogP contribution in [-0.4, -0.2) is 62.9 Å². The van der Waals surface area contributed by atoms with Gasteiger partial charge < -0.3 is 15.0 Å². The molecule has 2 aromatic rings. The van der Waals surface area contributed by atoms with Gasteiger partial charge >= 0.3 is 6.61 Å². The summed E-state index contributed by atoms with van der Waals surface area (Å²) in [4.78, 5) is 14.7. The van der Waals surface area contributed by atoms with Crippen molar-refractivity contribution in [3.05, 3.63) is 54.1 Å². The minimum Gasteiger partial charge on any atom is -0.435 e. The normalized spacial score (nSPS) is 15.9. The van der Waals surface area contributed by atoms with Crippen molar-refractivity contribution >= 4 is 21.6 Å². The quantitative estimate of drug-likeness (QED) is 0.718. The smallest absolute Gasteiger partial charge is 0.387 e. The molecule has 30 heavy (non-hydrogen) atoms. The van der Waals surface area contributed by atoms with Crippen LogP contribution in [0.2, 0.25) is 0 Å². The lowest BCUT2D eigenvalue weighted by atomic mass is 10.2. The van der Waals surface area contributed by atoms with Crippen molar-refractivity contribution in [3.8, 4) is 5.75 Å². The highest BCUT2D eigenvalue weighted by atomic mass is 32.2. The molecule has 1 aliphatic heterocycles. The highest BCUT2D eigenvalue weighted by Gasteiger charge is 2.28. The number of amides is 1. The summed E-state index contributed by atoms with van der Waals surface area (Å²) in [7, 11) is -3.68. The Morgan fingerprint density at radius 2 is 1.80 bits per heavy atom. The number of halogens is 2. The van der Waals surface area contributed by atoms with Crippen molar-refractivity contribution in [2.75, 3.05) is 38.0 Å². The van der Waals surface area contributed by atoms with E-state index in [4.69, 9.17) is 0 Å². The van der Waals surface area contributed by atoms with Crippen LogP contribution in [0.25, 0.3) is 0 Å². The van der Waals surface area contributed by atoms with Gasteiger partial charge in [-0.1, -0.05) is 19.1 Å². The Morgan fingerprint density at radius 3 is 2.47 bits per heavy atom. The molecule has 1 N–H and O–H groups in total. The van der Waals surface area contributed by atoms with Crippen LogP contribution < -0.4 is 10.1 Å². The lowest BCUT2D eigenvalue weighted by Crippen LogP contribution is -2.48. The molecule has 1 fully saturated rings. The average molecular weight is 439 g/mol. The van der Waals surface area contributed by atoms with Gasteiger partial charge in [0.2, 0.25) is 10.0 Å². The first-order chi connectivity index (χ1) is 14.3. The first kappa shape index (κ1) is 22.1. The zero-order valence-corrected chi connectivity index (χ0v) is 17.2. The van der Waals surface area contributed by atoms with Crippen molar-refractivity contribution in [1.82, 2.24) is 9.21 Å². The molecular formula is C20H23F2N3O4S. The number of benzene rings is 2. The molecule has 0 bridgehead atoms. The number of alkyl halides is 2. The molecule has 10 heteroatoms. The first-order valence-electron chi connectivity index (χ1n) is 9.48. The molecule has 0 unspecified atom stereocenters. The number of hydrogen-bond donors (Lipinski definition) is 1. The van der Waals surface area contributed by atoms with Crippen LogP contribution in [0.3, 0.4) is 0 Å². The van der Waals surface area contributed by atoms with Gasteiger partial charge in [0, 0.05) is 37.4 Å². The van der Waals surface area contributed by atoms with Crippen molar-refractivity contribution in [2.45, 2.75) is 18.4 Å². The lowest BCUT2D eigenvalue weighted by molar-refractivity contribution is -0.0498. The number of carbonyl (C=O) groups excluding carboxylic acids is 1. The van der Waals surface area contributed by atoms with Gasteiger partial charge in [0.25, 0.3) is 5.91 Å². The number of nitrogens with zero attached hydrogens (tertiary/aromatic N) is 2. The molecule has 7 nitrogen and oxygen atoms in total. The Morgan fingerprint density at radius 1 is 1.10 bits per heavy atom. The lowest BCUT2D eigenvalue weighted by Gasteiger charge is -2.33. The summed E-state index contributed by atoms with van der Waals surface area (Å²) in [5.41, 5.74) is 0.394. The molecule has 2 aromatic carbocycles. The molecule has 0 aromatic heterocycles. The van der Waals surface area contributed by atoms with Crippen LogP contribution in [0.4, 0.5) is 14.5 Å². The topological polar surface area (TPSA) is 79.0 Å². The van der Waals surface area contributed by atoms with Gasteiger partial charge in [0.05, 0.1) is 4.90 Å². The predicted molar refractivity (Wildman–Crippen MR) is 108 cm³/mol. The number of sulfonamides is 1. The second-order valence-electron chi connectivity index (χ2n) is 6.73. The molecule has 0 spiro atoms. The van der Waals surface area contributed by atoms with Gasteiger partial charge in [-0.25, -0.2) is 8.42 Å². The van der Waals surface area contributed by atoms with Crippen molar-refractivity contribution < 1.29 is 26.7 Å². The molecule has 1 aliphatic rings. The van der Waals surface area contributed by atoms with Gasteiger partial charge in [0.1, 0.15) is 5.75 Å². The summed E-state index contributed by atoms with van der Waals surface area (Å²) >= 11 is 0. The van der Waals surface area contributed by atoms with Crippen LogP contribution in [0.15, 0.2) is 53.4 Å². The second kappa shape index (κ2) is 9.50. The zero-order valence-electron chi connectivity index (χ0n) is 16.4. The maximum absolute atomic E-state index is 12.9. The third-order valence-corrected chi connectivity index (χ3v) is 6.72. The molecule has 0 atom stereocenters. The minimum absolute atomic E-state index is 0.0834. The number of rotatable bonds is 7. The van der Waals surface area contributed by atoms with E-state index in [-0.39, 0.29) is 21.9 Å². The van der Waals surface area contributed by atoms with E-state index in [1.165, 1.54) is 40.7 Å². The third kappa shape index (κ3) is 5.32. The number of hydrogen-bond acceptors (Lipinski definition) is 5. The van der Waals surface area contributed by atoms with Crippen LogP contribution in [0.5, 0.6) is 5.75 Å². The van der Waals surface area contributed by atoms with Crippen LogP contribution in [0, 0.1) is 0 Å². The SMILES string of the molecule is CCN1CCN(S(=O)(=O)c2cccc(NC(=O)c3cccc(OC(F)F)c3)c2)CC1. The van der Waals surface area contributed by atoms with Gasteiger partial charge in [-0.2, -0.15) is 13.1 Å². The largest absolute Gasteiger partial charge is 0.435 e. The first-order valence-corrected chi connectivity index (χ1v) is 10.9. The standard InChI is InChI=1S/C20H23F2N3O4S/c1-2-24-9-11-25(12-10-24)30(27,28)18-8-4-6-16(14-18)23-19(26)15-5-3-7-17(13-15)29-20(21)22/h3-8,13-14,20H,2,9-12H2,1H3,(H,23,26). The molecular weight excluding hydrogens is 416 g/mol. The van der Waals surface area contributed by atoms with E-state index in [0.717, 1.165) is 6.54 Å². The average Bonchev–Trinajstić information content (AvgIpc) is 2.73. The fourth-order valence-electron chi connectivity index (χ4n) is 3.19. The predicted octanol–water partition coefficient (Wildman–Crippen LogP) is 2.87. The van der Waals surface area contributed by atoms with Crippen molar-refractivity contribution in [3.63, 3.8) is 0 Å². The fourth-order valence-corrected chi connectivity index (χ4v) is 4.65. The Kier molecular flexibility index (Phi) is 7.01. The molecule has 162 valence electrons. The maximum Gasteiger partial charge on any atom is 0.387 e. The Labute approximate surface area is 174 Å². The number of likely N-dealkylation sites (N-methyl/N-ethyl adjacent to an activating group) is 1. The summed E-state index contributed by atoms with van der Waals surface area (Å²) in [5.74, 6) is -0.707. The van der Waals surface area contributed by atoms with Gasteiger partial charge in [0.15, 0.2) is 0 Å². The van der Waals surface area contributed by atoms with Crippen LogP contribution >= 0.6 is 0 Å². The van der Waals surface area contributed by atoms with E-state index in [1.807, 2.05) is 6.92 Å². The third-order valence-electron chi connectivity index (χ3n) is 4.83. The monoisotopic (exact) mass is 439 g/mol. The van der Waals surface area contributed by atoms with Crippen LogP contribution in [-0.2, 0) is 10.0 Å². The van der Waals surface area contributed by atoms with E-state index >= 15 is 0 Å². The number of anilines is 1. The Hall–Kier alpha value is -2.56. The summed E-state index contributed by atoms with van der Waals surface area (Å²) in [6, 6.07) is 11.3. The van der Waals surface area contributed by atoms with Gasteiger partial charge in [-0.3, -0.25) is 4.79 Å². The summed E-state index contributed by atoms with van der Waals surface area (Å²) in [6.07, 6.45) is 0.